The van der Waals surface area contributed by atoms with Gasteiger partial charge in [-0.3, -0.25) is 4.79 Å². The Kier molecular flexibility index (Phi) is 4.51. The standard InChI is InChI=1S/C17H19N5O3/c1-11-6-4-5-7-15(11)22-13(3)14(8-18-22)12(2)19-16(23)9-21-10-17(24)25-20-21/h4-8,10,12H,9H2,1-3H3,(H-,19,20,23,24). The van der Waals surface area contributed by atoms with Gasteiger partial charge in [0.25, 0.3) is 12.5 Å². The summed E-state index contributed by atoms with van der Waals surface area (Å²) in [5.41, 5.74) is 4.00. The van der Waals surface area contributed by atoms with Crippen molar-refractivity contribution in [3.8, 4) is 11.6 Å². The van der Waals surface area contributed by atoms with Crippen molar-refractivity contribution in [2.75, 3.05) is 0 Å². The van der Waals surface area contributed by atoms with E-state index in [1.54, 1.807) is 6.20 Å². The van der Waals surface area contributed by atoms with Crippen LogP contribution >= 0.6 is 0 Å². The number of nitrogens with zero attached hydrogens (tertiary/aromatic N) is 4. The van der Waals surface area contributed by atoms with Crippen molar-refractivity contribution in [1.29, 1.82) is 0 Å². The van der Waals surface area contributed by atoms with Crippen molar-refractivity contribution < 1.29 is 19.1 Å². The summed E-state index contributed by atoms with van der Waals surface area (Å²) in [6.45, 7) is 5.80. The smallest absolute Gasteiger partial charge is 0.289 e. The molecule has 8 nitrogen and oxygen atoms in total. The summed E-state index contributed by atoms with van der Waals surface area (Å²) in [4.78, 5) is 12.1. The minimum Gasteiger partial charge on any atom is -0.539 e. The molecular weight excluding hydrogens is 322 g/mol. The third-order valence-corrected chi connectivity index (χ3v) is 4.03. The predicted octanol–water partition coefficient (Wildman–Crippen LogP) is 0.716. The van der Waals surface area contributed by atoms with E-state index in [1.807, 2.05) is 49.7 Å². The van der Waals surface area contributed by atoms with Gasteiger partial charge < -0.3 is 14.9 Å². The second-order valence-corrected chi connectivity index (χ2v) is 5.89. The highest BCUT2D eigenvalue weighted by Crippen LogP contribution is 2.21. The molecule has 0 fully saturated rings. The van der Waals surface area contributed by atoms with Crippen molar-refractivity contribution in [2.45, 2.75) is 33.4 Å². The maximum atomic E-state index is 12.1. The number of hydrogen-bond donors (Lipinski definition) is 1. The van der Waals surface area contributed by atoms with Gasteiger partial charge in [0.05, 0.1) is 23.2 Å². The van der Waals surface area contributed by atoms with Gasteiger partial charge in [0, 0.05) is 11.3 Å². The van der Waals surface area contributed by atoms with E-state index < -0.39 is 5.95 Å². The number of benzene rings is 1. The molecule has 1 unspecified atom stereocenters. The van der Waals surface area contributed by atoms with Gasteiger partial charge in [-0.05, 0) is 32.4 Å². The Labute approximate surface area is 144 Å². The lowest BCUT2D eigenvalue weighted by atomic mass is 10.1. The van der Waals surface area contributed by atoms with Crippen LogP contribution in [0.25, 0.3) is 5.69 Å². The molecule has 2 heterocycles. The van der Waals surface area contributed by atoms with Crippen LogP contribution < -0.4 is 15.1 Å². The fraction of sp³-hybridized carbons (Fsp3) is 0.294. The van der Waals surface area contributed by atoms with Gasteiger partial charge in [-0.1, -0.05) is 22.9 Å². The van der Waals surface area contributed by atoms with Gasteiger partial charge in [-0.15, -0.1) is 0 Å². The molecule has 1 N–H and O–H groups in total. The van der Waals surface area contributed by atoms with Gasteiger partial charge in [0.1, 0.15) is 5.95 Å². The van der Waals surface area contributed by atoms with Crippen molar-refractivity contribution in [2.24, 2.45) is 0 Å². The second-order valence-electron chi connectivity index (χ2n) is 5.89. The van der Waals surface area contributed by atoms with Crippen LogP contribution in [0, 0.1) is 13.8 Å². The van der Waals surface area contributed by atoms with Gasteiger partial charge in [-0.2, -0.15) is 5.10 Å². The summed E-state index contributed by atoms with van der Waals surface area (Å²) in [6.07, 6.45) is 2.89. The quantitative estimate of drug-likeness (QED) is 0.689. The largest absolute Gasteiger partial charge is 0.539 e. The maximum Gasteiger partial charge on any atom is 0.289 e. The number of nitrogens with one attached hydrogen (secondary N) is 1. The van der Waals surface area contributed by atoms with E-state index in [0.717, 1.165) is 33.4 Å². The number of amides is 1. The van der Waals surface area contributed by atoms with Crippen molar-refractivity contribution >= 4 is 5.91 Å². The molecule has 2 aromatic heterocycles. The van der Waals surface area contributed by atoms with E-state index in [-0.39, 0.29) is 18.5 Å². The van der Waals surface area contributed by atoms with E-state index in [0.29, 0.717) is 0 Å². The van der Waals surface area contributed by atoms with E-state index in [4.69, 9.17) is 0 Å². The fourth-order valence-electron chi connectivity index (χ4n) is 2.74. The molecule has 0 saturated heterocycles. The molecule has 1 amide bonds. The molecule has 0 spiro atoms. The zero-order chi connectivity index (χ0) is 18.0. The normalized spacial score (nSPS) is 12.1. The van der Waals surface area contributed by atoms with E-state index in [9.17, 15) is 9.90 Å². The molecule has 0 aliphatic heterocycles. The number of para-hydroxylation sites is 1. The lowest BCUT2D eigenvalue weighted by molar-refractivity contribution is -0.751. The Morgan fingerprint density at radius 3 is 2.84 bits per heavy atom. The van der Waals surface area contributed by atoms with Gasteiger partial charge >= 0.3 is 0 Å². The molecule has 0 saturated carbocycles. The Balaban J connectivity index is 1.74. The maximum absolute atomic E-state index is 12.1. The van der Waals surface area contributed by atoms with Gasteiger partial charge in [0.2, 0.25) is 6.20 Å². The summed E-state index contributed by atoms with van der Waals surface area (Å²) < 4.78 is 7.43. The SMILES string of the molecule is Cc1ccccc1-n1ncc(C(C)NC(=O)C[n+]2cc([O-])on2)c1C. The lowest BCUT2D eigenvalue weighted by Gasteiger charge is -2.13. The molecule has 0 aliphatic carbocycles. The Bertz CT molecular complexity index is 899. The van der Waals surface area contributed by atoms with Crippen LogP contribution in [-0.4, -0.2) is 21.0 Å². The molecule has 3 rings (SSSR count). The summed E-state index contributed by atoms with van der Waals surface area (Å²) in [5.74, 6) is -0.856. The monoisotopic (exact) mass is 341 g/mol. The van der Waals surface area contributed by atoms with Crippen molar-refractivity contribution in [3.63, 3.8) is 0 Å². The predicted molar refractivity (Wildman–Crippen MR) is 85.7 cm³/mol. The highest BCUT2D eigenvalue weighted by molar-refractivity contribution is 5.74. The lowest BCUT2D eigenvalue weighted by Crippen LogP contribution is -2.44. The molecule has 25 heavy (non-hydrogen) atoms. The van der Waals surface area contributed by atoms with Crippen molar-refractivity contribution in [1.82, 2.24) is 20.4 Å². The van der Waals surface area contributed by atoms with Gasteiger partial charge in [0.15, 0.2) is 0 Å². The minimum absolute atomic E-state index is 0.0823. The Morgan fingerprint density at radius 1 is 1.40 bits per heavy atom. The number of aryl methyl sites for hydroxylation is 1. The molecule has 3 aromatic rings. The molecule has 8 heteroatoms. The molecular formula is C17H19N5O3. The first-order valence-corrected chi connectivity index (χ1v) is 7.89. The Hall–Kier alpha value is -3.16. The molecule has 1 atom stereocenters. The molecule has 1 aromatic carbocycles. The van der Waals surface area contributed by atoms with E-state index >= 15 is 0 Å². The van der Waals surface area contributed by atoms with Crippen molar-refractivity contribution in [3.05, 3.63) is 53.5 Å². The number of carbonyl (C=O) groups is 1. The van der Waals surface area contributed by atoms with Crippen LogP contribution in [0.5, 0.6) is 5.95 Å². The van der Waals surface area contributed by atoms with Crippen LogP contribution in [0.2, 0.25) is 0 Å². The highest BCUT2D eigenvalue weighted by Gasteiger charge is 2.19. The Morgan fingerprint density at radius 2 is 2.16 bits per heavy atom. The van der Waals surface area contributed by atoms with E-state index in [2.05, 4.69) is 20.2 Å². The highest BCUT2D eigenvalue weighted by atomic mass is 16.6. The van der Waals surface area contributed by atoms with Crippen LogP contribution in [-0.2, 0) is 11.3 Å². The third-order valence-electron chi connectivity index (χ3n) is 4.03. The first-order chi connectivity index (χ1) is 12.0. The summed E-state index contributed by atoms with van der Waals surface area (Å²) in [6, 6.07) is 7.75. The molecule has 130 valence electrons. The zero-order valence-corrected chi connectivity index (χ0v) is 14.3. The number of carbonyl (C=O) groups excluding carboxylic acids is 1. The molecule has 0 bridgehead atoms. The van der Waals surface area contributed by atoms with Crippen LogP contribution in [0.3, 0.4) is 0 Å². The minimum atomic E-state index is -0.587. The van der Waals surface area contributed by atoms with Crippen LogP contribution in [0.1, 0.15) is 29.8 Å². The second kappa shape index (κ2) is 6.76. The topological polar surface area (TPSA) is 99.9 Å². The molecule has 0 radical (unpaired) electrons. The average molecular weight is 341 g/mol. The summed E-state index contributed by atoms with van der Waals surface area (Å²) in [7, 11) is 0. The van der Waals surface area contributed by atoms with E-state index in [1.165, 1.54) is 0 Å². The number of rotatable bonds is 5. The summed E-state index contributed by atoms with van der Waals surface area (Å²) in [5, 5.41) is 21.7. The van der Waals surface area contributed by atoms with Gasteiger partial charge in [-0.25, -0.2) is 4.68 Å². The van der Waals surface area contributed by atoms with Crippen LogP contribution in [0.15, 0.2) is 41.2 Å². The first kappa shape index (κ1) is 16.7. The number of aromatic nitrogens is 4. The molecule has 0 aliphatic rings. The summed E-state index contributed by atoms with van der Waals surface area (Å²) >= 11 is 0. The van der Waals surface area contributed by atoms with Crippen LogP contribution in [0.4, 0.5) is 0 Å². The first-order valence-electron chi connectivity index (χ1n) is 7.89. The number of hydrogen-bond acceptors (Lipinski definition) is 5. The average Bonchev–Trinajstić information content (AvgIpc) is 3.13. The zero-order valence-electron chi connectivity index (χ0n) is 14.3. The third kappa shape index (κ3) is 3.52. The fourth-order valence-corrected chi connectivity index (χ4v) is 2.74.